The molecule has 20 heavy (non-hydrogen) atoms. The van der Waals surface area contributed by atoms with Crippen LogP contribution in [0.3, 0.4) is 0 Å². The van der Waals surface area contributed by atoms with E-state index in [4.69, 9.17) is 9.47 Å². The highest BCUT2D eigenvalue weighted by Crippen LogP contribution is 2.35. The van der Waals surface area contributed by atoms with E-state index < -0.39 is 0 Å². The zero-order valence-electron chi connectivity index (χ0n) is 13.6. The largest absolute Gasteiger partial charge is 0.379 e. The van der Waals surface area contributed by atoms with Crippen LogP contribution in [0.2, 0.25) is 0 Å². The van der Waals surface area contributed by atoms with Gasteiger partial charge in [-0.25, -0.2) is 0 Å². The molecule has 1 aliphatic carbocycles. The highest BCUT2D eigenvalue weighted by molar-refractivity contribution is 4.82. The minimum Gasteiger partial charge on any atom is -0.379 e. The zero-order chi connectivity index (χ0) is 14.2. The lowest BCUT2D eigenvalue weighted by molar-refractivity contribution is -0.0701. The van der Waals surface area contributed by atoms with Crippen molar-refractivity contribution in [3.8, 4) is 0 Å². The van der Waals surface area contributed by atoms with E-state index >= 15 is 0 Å². The second-order valence-corrected chi connectivity index (χ2v) is 6.80. The van der Waals surface area contributed by atoms with Crippen molar-refractivity contribution in [3.05, 3.63) is 0 Å². The minimum atomic E-state index is 0.529. The van der Waals surface area contributed by atoms with Crippen molar-refractivity contribution in [1.82, 2.24) is 0 Å². The maximum Gasteiger partial charge on any atom is 0.0603 e. The third-order valence-electron chi connectivity index (χ3n) is 5.27. The first-order valence-electron chi connectivity index (χ1n) is 9.06. The predicted molar refractivity (Wildman–Crippen MR) is 84.0 cm³/mol. The monoisotopic (exact) mass is 282 g/mol. The quantitative estimate of drug-likeness (QED) is 0.615. The summed E-state index contributed by atoms with van der Waals surface area (Å²) in [5.74, 6) is 1.65. The van der Waals surface area contributed by atoms with Crippen LogP contribution >= 0.6 is 0 Å². The van der Waals surface area contributed by atoms with Crippen LogP contribution in [-0.4, -0.2) is 25.4 Å². The van der Waals surface area contributed by atoms with Crippen LogP contribution in [0, 0.1) is 11.8 Å². The molecule has 0 aromatic rings. The van der Waals surface area contributed by atoms with Crippen molar-refractivity contribution in [3.63, 3.8) is 0 Å². The second kappa shape index (κ2) is 9.04. The van der Waals surface area contributed by atoms with Gasteiger partial charge in [-0.3, -0.25) is 0 Å². The molecule has 0 spiro atoms. The standard InChI is InChI=1S/C18H34O2/c1-3-5-6-7-15-8-13-18(20-14-15)16-9-11-17(12-10-16)19-4-2/h15-18H,3-14H2,1-2H3. The van der Waals surface area contributed by atoms with Crippen LogP contribution in [0.1, 0.15) is 78.1 Å². The van der Waals surface area contributed by atoms with Crippen molar-refractivity contribution in [2.45, 2.75) is 90.3 Å². The van der Waals surface area contributed by atoms with Gasteiger partial charge in [-0.15, -0.1) is 0 Å². The maximum atomic E-state index is 6.22. The molecule has 1 aliphatic heterocycles. The number of rotatable bonds is 7. The van der Waals surface area contributed by atoms with Crippen LogP contribution in [0.5, 0.6) is 0 Å². The maximum absolute atomic E-state index is 6.22. The Labute approximate surface area is 125 Å². The van der Waals surface area contributed by atoms with Crippen molar-refractivity contribution in [1.29, 1.82) is 0 Å². The van der Waals surface area contributed by atoms with Crippen molar-refractivity contribution in [2.75, 3.05) is 13.2 Å². The summed E-state index contributed by atoms with van der Waals surface area (Å²) in [5, 5.41) is 0. The molecule has 118 valence electrons. The van der Waals surface area contributed by atoms with E-state index in [-0.39, 0.29) is 0 Å². The van der Waals surface area contributed by atoms with Gasteiger partial charge in [0.25, 0.3) is 0 Å². The SMILES string of the molecule is CCCCCC1CCC(C2CCC(OCC)CC2)OC1. The van der Waals surface area contributed by atoms with Gasteiger partial charge in [0.15, 0.2) is 0 Å². The smallest absolute Gasteiger partial charge is 0.0603 e. The van der Waals surface area contributed by atoms with Crippen LogP contribution < -0.4 is 0 Å². The molecule has 1 heterocycles. The van der Waals surface area contributed by atoms with Gasteiger partial charge in [-0.2, -0.15) is 0 Å². The third kappa shape index (κ3) is 5.04. The lowest BCUT2D eigenvalue weighted by Crippen LogP contribution is -2.35. The van der Waals surface area contributed by atoms with Crippen molar-refractivity contribution >= 4 is 0 Å². The summed E-state index contributed by atoms with van der Waals surface area (Å²) in [4.78, 5) is 0. The molecule has 0 N–H and O–H groups in total. The molecule has 2 nitrogen and oxygen atoms in total. The summed E-state index contributed by atoms with van der Waals surface area (Å²) in [6, 6.07) is 0. The molecular formula is C18H34O2. The average Bonchev–Trinajstić information content (AvgIpc) is 2.49. The van der Waals surface area contributed by atoms with Crippen molar-refractivity contribution < 1.29 is 9.47 Å². The highest BCUT2D eigenvalue weighted by Gasteiger charge is 2.31. The molecule has 2 aliphatic rings. The fourth-order valence-electron chi connectivity index (χ4n) is 3.97. The fraction of sp³-hybridized carbons (Fsp3) is 1.00. The Morgan fingerprint density at radius 3 is 2.35 bits per heavy atom. The summed E-state index contributed by atoms with van der Waals surface area (Å²) < 4.78 is 12.0. The van der Waals surface area contributed by atoms with Crippen LogP contribution in [0.15, 0.2) is 0 Å². The lowest BCUT2D eigenvalue weighted by Gasteiger charge is -2.37. The third-order valence-corrected chi connectivity index (χ3v) is 5.27. The van der Waals surface area contributed by atoms with Crippen LogP contribution in [-0.2, 0) is 9.47 Å². The minimum absolute atomic E-state index is 0.529. The van der Waals surface area contributed by atoms with Crippen LogP contribution in [0.4, 0.5) is 0 Å². The number of ether oxygens (including phenoxy) is 2. The van der Waals surface area contributed by atoms with Gasteiger partial charge in [-0.1, -0.05) is 26.2 Å². The second-order valence-electron chi connectivity index (χ2n) is 6.80. The molecular weight excluding hydrogens is 248 g/mol. The van der Waals surface area contributed by atoms with Gasteiger partial charge in [0.2, 0.25) is 0 Å². The Morgan fingerprint density at radius 2 is 1.75 bits per heavy atom. The molecule has 1 saturated heterocycles. The van der Waals surface area contributed by atoms with Gasteiger partial charge < -0.3 is 9.47 Å². The average molecular weight is 282 g/mol. The first-order chi connectivity index (χ1) is 9.83. The normalized spacial score (nSPS) is 35.1. The summed E-state index contributed by atoms with van der Waals surface area (Å²) in [6.07, 6.45) is 14.4. The van der Waals surface area contributed by atoms with E-state index in [1.54, 1.807) is 0 Å². The van der Waals surface area contributed by atoms with Crippen molar-refractivity contribution in [2.24, 2.45) is 11.8 Å². The Balaban J connectivity index is 1.62. The molecule has 1 saturated carbocycles. The van der Waals surface area contributed by atoms with Gasteiger partial charge in [-0.05, 0) is 63.7 Å². The zero-order valence-corrected chi connectivity index (χ0v) is 13.6. The molecule has 2 heteroatoms. The summed E-state index contributed by atoms with van der Waals surface area (Å²) in [6.45, 7) is 6.29. The van der Waals surface area contributed by atoms with Gasteiger partial charge >= 0.3 is 0 Å². The van der Waals surface area contributed by atoms with E-state index in [0.717, 1.165) is 25.0 Å². The van der Waals surface area contributed by atoms with Gasteiger partial charge in [0.05, 0.1) is 12.2 Å². The van der Waals surface area contributed by atoms with Gasteiger partial charge in [0, 0.05) is 13.2 Å². The molecule has 2 rings (SSSR count). The Hall–Kier alpha value is -0.0800. The molecule has 0 radical (unpaired) electrons. The lowest BCUT2D eigenvalue weighted by atomic mass is 9.80. The Bertz CT molecular complexity index is 238. The number of unbranched alkanes of at least 4 members (excludes halogenated alkanes) is 2. The molecule has 2 unspecified atom stereocenters. The molecule has 0 amide bonds. The van der Waals surface area contributed by atoms with E-state index in [9.17, 15) is 0 Å². The number of hydrogen-bond acceptors (Lipinski definition) is 2. The molecule has 0 aromatic carbocycles. The topological polar surface area (TPSA) is 18.5 Å². The predicted octanol–water partition coefficient (Wildman–Crippen LogP) is 4.96. The molecule has 0 bridgehead atoms. The summed E-state index contributed by atoms with van der Waals surface area (Å²) in [5.41, 5.74) is 0. The van der Waals surface area contributed by atoms with E-state index in [1.165, 1.54) is 64.2 Å². The number of hydrogen-bond donors (Lipinski definition) is 0. The molecule has 2 atom stereocenters. The highest BCUT2D eigenvalue weighted by atomic mass is 16.5. The first kappa shape index (κ1) is 16.3. The Kier molecular flexibility index (Phi) is 7.37. The first-order valence-corrected chi connectivity index (χ1v) is 9.06. The van der Waals surface area contributed by atoms with E-state index in [2.05, 4.69) is 13.8 Å². The van der Waals surface area contributed by atoms with E-state index in [0.29, 0.717) is 12.2 Å². The fourth-order valence-corrected chi connectivity index (χ4v) is 3.97. The van der Waals surface area contributed by atoms with Crippen LogP contribution in [0.25, 0.3) is 0 Å². The molecule has 2 fully saturated rings. The Morgan fingerprint density at radius 1 is 0.950 bits per heavy atom. The van der Waals surface area contributed by atoms with E-state index in [1.807, 2.05) is 0 Å². The summed E-state index contributed by atoms with van der Waals surface area (Å²) >= 11 is 0. The molecule has 0 aromatic heterocycles. The summed E-state index contributed by atoms with van der Waals surface area (Å²) in [7, 11) is 0. The van der Waals surface area contributed by atoms with Gasteiger partial charge in [0.1, 0.15) is 0 Å².